The van der Waals surface area contributed by atoms with Gasteiger partial charge < -0.3 is 14.8 Å². The molecule has 1 aromatic heterocycles. The van der Waals surface area contributed by atoms with Crippen LogP contribution in [0.25, 0.3) is 0 Å². The molecule has 0 saturated heterocycles. The average molecular weight is 309 g/mol. The molecule has 2 unspecified atom stereocenters. The predicted octanol–water partition coefficient (Wildman–Crippen LogP) is 3.03. The molecule has 0 radical (unpaired) electrons. The maximum absolute atomic E-state index is 13.2. The summed E-state index contributed by atoms with van der Waals surface area (Å²) in [5, 5.41) is 12.7. The van der Waals surface area contributed by atoms with Gasteiger partial charge in [0, 0.05) is 0 Å². The van der Waals surface area contributed by atoms with Crippen LogP contribution in [-0.2, 0) is 0 Å². The Hall–Kier alpha value is -2.21. The molecule has 1 heterocycles. The molecular formula is C16H17F2NO3. The number of amides is 1. The third-order valence-corrected chi connectivity index (χ3v) is 3.51. The topological polar surface area (TPSA) is 62.5 Å². The van der Waals surface area contributed by atoms with E-state index in [2.05, 4.69) is 5.32 Å². The van der Waals surface area contributed by atoms with Crippen LogP contribution >= 0.6 is 0 Å². The molecular weight excluding hydrogens is 292 g/mol. The normalized spacial score (nSPS) is 13.7. The van der Waals surface area contributed by atoms with Crippen molar-refractivity contribution in [2.45, 2.75) is 32.9 Å². The lowest BCUT2D eigenvalue weighted by Gasteiger charge is -2.20. The number of halogens is 2. The Bertz CT molecular complexity index is 677. The van der Waals surface area contributed by atoms with Gasteiger partial charge in [0.1, 0.15) is 5.76 Å². The van der Waals surface area contributed by atoms with Crippen LogP contribution in [0.1, 0.15) is 40.5 Å². The number of carbonyl (C=O) groups excluding carboxylic acids is 1. The largest absolute Gasteiger partial charge is 0.456 e. The molecule has 118 valence electrons. The van der Waals surface area contributed by atoms with E-state index in [0.717, 1.165) is 17.7 Å². The van der Waals surface area contributed by atoms with E-state index in [4.69, 9.17) is 4.42 Å². The van der Waals surface area contributed by atoms with Crippen molar-refractivity contribution in [3.05, 3.63) is 58.5 Å². The van der Waals surface area contributed by atoms with Crippen LogP contribution in [0.2, 0.25) is 0 Å². The minimum absolute atomic E-state index is 0.138. The number of aliphatic hydroxyl groups excluding tert-OH is 1. The Morgan fingerprint density at radius 1 is 1.23 bits per heavy atom. The number of carbonyl (C=O) groups is 1. The van der Waals surface area contributed by atoms with E-state index in [1.54, 1.807) is 19.9 Å². The molecule has 0 bridgehead atoms. The minimum Gasteiger partial charge on any atom is -0.456 e. The Kier molecular flexibility index (Phi) is 4.61. The summed E-state index contributed by atoms with van der Waals surface area (Å²) >= 11 is 0. The fourth-order valence-corrected chi connectivity index (χ4v) is 2.03. The van der Waals surface area contributed by atoms with E-state index in [1.807, 2.05) is 6.92 Å². The van der Waals surface area contributed by atoms with Gasteiger partial charge in [0.05, 0.1) is 12.1 Å². The van der Waals surface area contributed by atoms with Gasteiger partial charge in [-0.2, -0.15) is 0 Å². The first-order valence-corrected chi connectivity index (χ1v) is 6.80. The van der Waals surface area contributed by atoms with E-state index in [0.29, 0.717) is 5.76 Å². The SMILES string of the molecule is Cc1cc(C(=O)NC(C)C(O)c2ccc(F)c(F)c2)oc1C. The van der Waals surface area contributed by atoms with Crippen molar-refractivity contribution >= 4 is 5.91 Å². The summed E-state index contributed by atoms with van der Waals surface area (Å²) in [6.07, 6.45) is -1.17. The van der Waals surface area contributed by atoms with Gasteiger partial charge in [-0.3, -0.25) is 4.79 Å². The fourth-order valence-electron chi connectivity index (χ4n) is 2.03. The van der Waals surface area contributed by atoms with Gasteiger partial charge in [0.15, 0.2) is 17.4 Å². The van der Waals surface area contributed by atoms with Crippen LogP contribution < -0.4 is 5.32 Å². The standard InChI is InChI=1S/C16H17F2NO3/c1-8-6-14(22-10(8)3)16(21)19-9(2)15(20)11-4-5-12(17)13(18)7-11/h4-7,9,15,20H,1-3H3,(H,19,21). The Morgan fingerprint density at radius 2 is 1.91 bits per heavy atom. The van der Waals surface area contributed by atoms with Gasteiger partial charge >= 0.3 is 0 Å². The predicted molar refractivity (Wildman–Crippen MR) is 76.4 cm³/mol. The van der Waals surface area contributed by atoms with Crippen LogP contribution in [0, 0.1) is 25.5 Å². The Balaban J connectivity index is 2.08. The van der Waals surface area contributed by atoms with Gasteiger partial charge in [-0.05, 0) is 50.1 Å². The number of benzene rings is 1. The van der Waals surface area contributed by atoms with Crippen LogP contribution in [0.3, 0.4) is 0 Å². The molecule has 0 spiro atoms. The second-order valence-corrected chi connectivity index (χ2v) is 5.23. The number of aliphatic hydroxyl groups is 1. The zero-order valence-electron chi connectivity index (χ0n) is 12.5. The number of nitrogens with one attached hydrogen (secondary N) is 1. The number of rotatable bonds is 4. The maximum atomic E-state index is 13.2. The van der Waals surface area contributed by atoms with E-state index < -0.39 is 29.7 Å². The van der Waals surface area contributed by atoms with Crippen molar-refractivity contribution in [3.63, 3.8) is 0 Å². The summed E-state index contributed by atoms with van der Waals surface area (Å²) in [5.74, 6) is -1.75. The first-order chi connectivity index (χ1) is 10.3. The molecule has 2 atom stereocenters. The molecule has 1 aromatic carbocycles. The number of aryl methyl sites for hydroxylation is 2. The van der Waals surface area contributed by atoms with Crippen LogP contribution in [-0.4, -0.2) is 17.1 Å². The van der Waals surface area contributed by atoms with Gasteiger partial charge in [0.25, 0.3) is 5.91 Å². The zero-order chi connectivity index (χ0) is 16.4. The summed E-state index contributed by atoms with van der Waals surface area (Å²) in [5.41, 5.74) is 1.03. The van der Waals surface area contributed by atoms with Crippen LogP contribution in [0.15, 0.2) is 28.7 Å². The highest BCUT2D eigenvalue weighted by Gasteiger charge is 2.22. The number of hydrogen-bond acceptors (Lipinski definition) is 3. The first-order valence-electron chi connectivity index (χ1n) is 6.80. The molecule has 1 amide bonds. The van der Waals surface area contributed by atoms with Crippen molar-refractivity contribution in [1.29, 1.82) is 0 Å². The van der Waals surface area contributed by atoms with Crippen molar-refractivity contribution in [2.24, 2.45) is 0 Å². The lowest BCUT2D eigenvalue weighted by Crippen LogP contribution is -2.37. The second-order valence-electron chi connectivity index (χ2n) is 5.23. The molecule has 0 fully saturated rings. The van der Waals surface area contributed by atoms with Gasteiger partial charge in [0.2, 0.25) is 0 Å². The molecule has 4 nitrogen and oxygen atoms in total. The molecule has 2 aromatic rings. The van der Waals surface area contributed by atoms with Gasteiger partial charge in [-0.1, -0.05) is 6.07 Å². The molecule has 0 aliphatic heterocycles. The van der Waals surface area contributed by atoms with Crippen molar-refractivity contribution in [2.75, 3.05) is 0 Å². The van der Waals surface area contributed by atoms with Crippen LogP contribution in [0.5, 0.6) is 0 Å². The lowest BCUT2D eigenvalue weighted by atomic mass is 10.0. The minimum atomic E-state index is -1.17. The number of hydrogen-bond donors (Lipinski definition) is 2. The highest BCUT2D eigenvalue weighted by atomic mass is 19.2. The van der Waals surface area contributed by atoms with Crippen molar-refractivity contribution in [1.82, 2.24) is 5.32 Å². The highest BCUT2D eigenvalue weighted by Crippen LogP contribution is 2.20. The van der Waals surface area contributed by atoms with E-state index in [1.165, 1.54) is 6.07 Å². The molecule has 2 rings (SSSR count). The summed E-state index contributed by atoms with van der Waals surface area (Å²) in [4.78, 5) is 12.0. The molecule has 0 aliphatic rings. The first kappa shape index (κ1) is 16.2. The van der Waals surface area contributed by atoms with E-state index in [9.17, 15) is 18.7 Å². The molecule has 0 aliphatic carbocycles. The Labute approximate surface area is 126 Å². The Morgan fingerprint density at radius 3 is 2.45 bits per heavy atom. The monoisotopic (exact) mass is 309 g/mol. The third kappa shape index (κ3) is 3.33. The molecule has 6 heteroatoms. The highest BCUT2D eigenvalue weighted by molar-refractivity contribution is 5.92. The van der Waals surface area contributed by atoms with Gasteiger partial charge in [-0.15, -0.1) is 0 Å². The van der Waals surface area contributed by atoms with E-state index in [-0.39, 0.29) is 11.3 Å². The number of furan rings is 1. The average Bonchev–Trinajstić information content (AvgIpc) is 2.81. The van der Waals surface area contributed by atoms with Crippen LogP contribution in [0.4, 0.5) is 8.78 Å². The smallest absolute Gasteiger partial charge is 0.287 e. The summed E-state index contributed by atoms with van der Waals surface area (Å²) in [7, 11) is 0. The summed E-state index contributed by atoms with van der Waals surface area (Å²) < 4.78 is 31.4. The maximum Gasteiger partial charge on any atom is 0.287 e. The molecule has 2 N–H and O–H groups in total. The molecule has 22 heavy (non-hydrogen) atoms. The third-order valence-electron chi connectivity index (χ3n) is 3.51. The van der Waals surface area contributed by atoms with E-state index >= 15 is 0 Å². The summed E-state index contributed by atoms with van der Waals surface area (Å²) in [6, 6.07) is 4.00. The summed E-state index contributed by atoms with van der Waals surface area (Å²) in [6.45, 7) is 5.12. The van der Waals surface area contributed by atoms with Crippen molar-refractivity contribution in [3.8, 4) is 0 Å². The van der Waals surface area contributed by atoms with Gasteiger partial charge in [-0.25, -0.2) is 8.78 Å². The lowest BCUT2D eigenvalue weighted by molar-refractivity contribution is 0.0824. The second kappa shape index (κ2) is 6.27. The zero-order valence-corrected chi connectivity index (χ0v) is 12.5. The quantitative estimate of drug-likeness (QED) is 0.912. The fraction of sp³-hybridized carbons (Fsp3) is 0.312. The molecule has 0 saturated carbocycles. The van der Waals surface area contributed by atoms with Crippen molar-refractivity contribution < 1.29 is 23.1 Å².